The Labute approximate surface area is 116 Å². The van der Waals surface area contributed by atoms with Gasteiger partial charge in [-0.3, -0.25) is 9.88 Å². The molecule has 3 rings (SSSR count). The minimum absolute atomic E-state index is 0.745. The Bertz CT molecular complexity index is 373. The second-order valence-electron chi connectivity index (χ2n) is 5.91. The van der Waals surface area contributed by atoms with Gasteiger partial charge in [-0.25, -0.2) is 0 Å². The number of piperidine rings is 1. The van der Waals surface area contributed by atoms with Crippen LogP contribution in [0.1, 0.15) is 37.7 Å². The molecule has 2 fully saturated rings. The Balaban J connectivity index is 1.57. The normalized spacial score (nSPS) is 28.6. The Morgan fingerprint density at radius 1 is 1.26 bits per heavy atom. The predicted octanol–water partition coefficient (Wildman–Crippen LogP) is 2.23. The Morgan fingerprint density at radius 2 is 2.26 bits per heavy atom. The van der Waals surface area contributed by atoms with Gasteiger partial charge < -0.3 is 5.32 Å². The zero-order chi connectivity index (χ0) is 12.9. The van der Waals surface area contributed by atoms with Crippen LogP contribution in [0.15, 0.2) is 24.5 Å². The summed E-state index contributed by atoms with van der Waals surface area (Å²) in [7, 11) is 0. The lowest BCUT2D eigenvalue weighted by Crippen LogP contribution is -2.50. The lowest BCUT2D eigenvalue weighted by Gasteiger charge is -2.39. The van der Waals surface area contributed by atoms with E-state index in [1.807, 2.05) is 18.5 Å². The SMILES string of the molecule is c1cncc(CCN2CCCCC2C2CCCN2)c1. The van der Waals surface area contributed by atoms with Crippen LogP contribution < -0.4 is 5.32 Å². The molecule has 3 heteroatoms. The predicted molar refractivity (Wildman–Crippen MR) is 78.2 cm³/mol. The summed E-state index contributed by atoms with van der Waals surface area (Å²) < 4.78 is 0. The van der Waals surface area contributed by atoms with Crippen LogP contribution in [0.2, 0.25) is 0 Å². The molecule has 2 unspecified atom stereocenters. The van der Waals surface area contributed by atoms with E-state index in [9.17, 15) is 0 Å². The molecule has 19 heavy (non-hydrogen) atoms. The first kappa shape index (κ1) is 13.1. The van der Waals surface area contributed by atoms with Gasteiger partial charge >= 0.3 is 0 Å². The Kier molecular flexibility index (Phi) is 4.46. The summed E-state index contributed by atoms with van der Waals surface area (Å²) in [6, 6.07) is 5.75. The molecule has 2 saturated heterocycles. The van der Waals surface area contributed by atoms with Crippen molar-refractivity contribution >= 4 is 0 Å². The number of hydrogen-bond acceptors (Lipinski definition) is 3. The van der Waals surface area contributed by atoms with E-state index >= 15 is 0 Å². The second kappa shape index (κ2) is 6.49. The van der Waals surface area contributed by atoms with Crippen LogP contribution in [-0.2, 0) is 6.42 Å². The number of nitrogens with one attached hydrogen (secondary N) is 1. The van der Waals surface area contributed by atoms with Gasteiger partial charge in [0.2, 0.25) is 0 Å². The van der Waals surface area contributed by atoms with E-state index in [4.69, 9.17) is 0 Å². The lowest BCUT2D eigenvalue weighted by molar-refractivity contribution is 0.121. The molecule has 0 saturated carbocycles. The minimum atomic E-state index is 0.745. The van der Waals surface area contributed by atoms with Gasteiger partial charge in [-0.05, 0) is 56.8 Å². The van der Waals surface area contributed by atoms with E-state index in [2.05, 4.69) is 21.3 Å². The third-order valence-corrected chi connectivity index (χ3v) is 4.64. The van der Waals surface area contributed by atoms with Crippen molar-refractivity contribution in [3.8, 4) is 0 Å². The van der Waals surface area contributed by atoms with E-state index in [0.29, 0.717) is 0 Å². The van der Waals surface area contributed by atoms with E-state index in [1.165, 1.54) is 57.3 Å². The number of rotatable bonds is 4. The summed E-state index contributed by atoms with van der Waals surface area (Å²) in [6.07, 6.45) is 11.9. The number of nitrogens with zero attached hydrogens (tertiary/aromatic N) is 2. The quantitative estimate of drug-likeness (QED) is 0.899. The standard InChI is InChI=1S/C16H25N3/c1-2-11-19(12-8-14-5-3-9-17-13-14)16(7-1)15-6-4-10-18-15/h3,5,9,13,15-16,18H,1-2,4,6-8,10-12H2. The maximum atomic E-state index is 4.21. The van der Waals surface area contributed by atoms with E-state index in [1.54, 1.807) is 0 Å². The number of pyridine rings is 1. The minimum Gasteiger partial charge on any atom is -0.312 e. The van der Waals surface area contributed by atoms with Gasteiger partial charge in [-0.15, -0.1) is 0 Å². The van der Waals surface area contributed by atoms with Gasteiger partial charge in [0.05, 0.1) is 0 Å². The summed E-state index contributed by atoms with van der Waals surface area (Å²) in [5.41, 5.74) is 1.37. The molecule has 0 bridgehead atoms. The molecule has 1 N–H and O–H groups in total. The number of aromatic nitrogens is 1. The Hall–Kier alpha value is -0.930. The lowest BCUT2D eigenvalue weighted by atomic mass is 9.94. The van der Waals surface area contributed by atoms with Gasteiger partial charge in [0.25, 0.3) is 0 Å². The smallest absolute Gasteiger partial charge is 0.0300 e. The fourth-order valence-corrected chi connectivity index (χ4v) is 3.61. The maximum Gasteiger partial charge on any atom is 0.0300 e. The highest BCUT2D eigenvalue weighted by Gasteiger charge is 2.30. The third-order valence-electron chi connectivity index (χ3n) is 4.64. The summed E-state index contributed by atoms with van der Waals surface area (Å²) >= 11 is 0. The molecule has 0 aromatic carbocycles. The molecule has 3 heterocycles. The summed E-state index contributed by atoms with van der Waals surface area (Å²) in [5, 5.41) is 3.70. The van der Waals surface area contributed by atoms with Crippen molar-refractivity contribution in [2.45, 2.75) is 50.6 Å². The van der Waals surface area contributed by atoms with Gasteiger partial charge in [0, 0.05) is 31.0 Å². The third kappa shape index (κ3) is 3.34. The monoisotopic (exact) mass is 259 g/mol. The molecule has 0 spiro atoms. The van der Waals surface area contributed by atoms with E-state index in [-0.39, 0.29) is 0 Å². The van der Waals surface area contributed by atoms with Gasteiger partial charge in [0.15, 0.2) is 0 Å². The summed E-state index contributed by atoms with van der Waals surface area (Å²) in [5.74, 6) is 0. The van der Waals surface area contributed by atoms with Crippen LogP contribution in [0.4, 0.5) is 0 Å². The van der Waals surface area contributed by atoms with Crippen molar-refractivity contribution < 1.29 is 0 Å². The van der Waals surface area contributed by atoms with E-state index < -0.39 is 0 Å². The molecule has 0 aliphatic carbocycles. The molecule has 0 amide bonds. The van der Waals surface area contributed by atoms with Crippen molar-refractivity contribution in [3.63, 3.8) is 0 Å². The largest absolute Gasteiger partial charge is 0.312 e. The van der Waals surface area contributed by atoms with E-state index in [0.717, 1.165) is 18.5 Å². The highest BCUT2D eigenvalue weighted by atomic mass is 15.2. The molecular formula is C16H25N3. The van der Waals surface area contributed by atoms with Gasteiger partial charge in [-0.2, -0.15) is 0 Å². The van der Waals surface area contributed by atoms with Gasteiger partial charge in [-0.1, -0.05) is 12.5 Å². The fourth-order valence-electron chi connectivity index (χ4n) is 3.61. The van der Waals surface area contributed by atoms with Crippen molar-refractivity contribution in [1.82, 2.24) is 15.2 Å². The van der Waals surface area contributed by atoms with Crippen LogP contribution in [0.5, 0.6) is 0 Å². The van der Waals surface area contributed by atoms with Crippen LogP contribution in [0.3, 0.4) is 0 Å². The highest BCUT2D eigenvalue weighted by molar-refractivity contribution is 5.09. The average Bonchev–Trinajstić information content (AvgIpc) is 3.01. The highest BCUT2D eigenvalue weighted by Crippen LogP contribution is 2.24. The van der Waals surface area contributed by atoms with Crippen molar-refractivity contribution in [3.05, 3.63) is 30.1 Å². The zero-order valence-corrected chi connectivity index (χ0v) is 11.7. The summed E-state index contributed by atoms with van der Waals surface area (Å²) in [6.45, 7) is 3.69. The molecule has 1 aromatic heterocycles. The first-order valence-electron chi connectivity index (χ1n) is 7.80. The van der Waals surface area contributed by atoms with Crippen LogP contribution in [0.25, 0.3) is 0 Å². The van der Waals surface area contributed by atoms with Crippen LogP contribution in [0, 0.1) is 0 Å². The first-order chi connectivity index (χ1) is 9.43. The second-order valence-corrected chi connectivity index (χ2v) is 5.91. The van der Waals surface area contributed by atoms with Crippen molar-refractivity contribution in [2.24, 2.45) is 0 Å². The summed E-state index contributed by atoms with van der Waals surface area (Å²) in [4.78, 5) is 6.94. The molecule has 3 nitrogen and oxygen atoms in total. The van der Waals surface area contributed by atoms with Crippen molar-refractivity contribution in [1.29, 1.82) is 0 Å². The topological polar surface area (TPSA) is 28.2 Å². The molecule has 2 atom stereocenters. The molecule has 2 aliphatic heterocycles. The van der Waals surface area contributed by atoms with Gasteiger partial charge in [0.1, 0.15) is 0 Å². The molecule has 104 valence electrons. The zero-order valence-electron chi connectivity index (χ0n) is 11.7. The number of likely N-dealkylation sites (tertiary alicyclic amines) is 1. The molecule has 2 aliphatic rings. The van der Waals surface area contributed by atoms with Crippen LogP contribution >= 0.6 is 0 Å². The molecule has 1 aromatic rings. The first-order valence-corrected chi connectivity index (χ1v) is 7.80. The number of hydrogen-bond donors (Lipinski definition) is 1. The Morgan fingerprint density at radius 3 is 3.05 bits per heavy atom. The fraction of sp³-hybridized carbons (Fsp3) is 0.688. The van der Waals surface area contributed by atoms with Crippen LogP contribution in [-0.4, -0.2) is 41.6 Å². The average molecular weight is 259 g/mol. The molecular weight excluding hydrogens is 234 g/mol. The van der Waals surface area contributed by atoms with Crippen molar-refractivity contribution in [2.75, 3.05) is 19.6 Å². The maximum absolute atomic E-state index is 4.21. The molecule has 0 radical (unpaired) electrons.